The number of aromatic nitrogens is 1. The fourth-order valence-corrected chi connectivity index (χ4v) is 1.46. The number of pyridine rings is 1. The Morgan fingerprint density at radius 2 is 2.12 bits per heavy atom. The van der Waals surface area contributed by atoms with Gasteiger partial charge in [-0.05, 0) is 25.0 Å². The molecule has 1 heterocycles. The van der Waals surface area contributed by atoms with Gasteiger partial charge >= 0.3 is 6.18 Å². The molecule has 1 fully saturated rings. The van der Waals surface area contributed by atoms with Crippen LogP contribution in [-0.2, 0) is 0 Å². The first-order valence-electron chi connectivity index (χ1n) is 4.68. The van der Waals surface area contributed by atoms with E-state index in [0.29, 0.717) is 0 Å². The molecule has 0 atom stereocenters. The molecule has 0 spiro atoms. The van der Waals surface area contributed by atoms with E-state index in [2.05, 4.69) is 10.3 Å². The van der Waals surface area contributed by atoms with Crippen molar-refractivity contribution in [1.29, 1.82) is 5.26 Å². The van der Waals surface area contributed by atoms with Crippen molar-refractivity contribution < 1.29 is 13.2 Å². The average molecular weight is 227 g/mol. The van der Waals surface area contributed by atoms with E-state index in [-0.39, 0.29) is 24.2 Å². The first-order valence-corrected chi connectivity index (χ1v) is 4.68. The van der Waals surface area contributed by atoms with Gasteiger partial charge in [0.25, 0.3) is 0 Å². The fourth-order valence-electron chi connectivity index (χ4n) is 1.46. The number of nitrogens with zero attached hydrogens (tertiary/aromatic N) is 2. The van der Waals surface area contributed by atoms with Crippen LogP contribution in [0.4, 0.5) is 18.9 Å². The van der Waals surface area contributed by atoms with Gasteiger partial charge in [-0.15, -0.1) is 0 Å². The zero-order valence-corrected chi connectivity index (χ0v) is 8.17. The number of hydrogen-bond donors (Lipinski definition) is 1. The third-order valence-electron chi connectivity index (χ3n) is 2.58. The van der Waals surface area contributed by atoms with Crippen LogP contribution in [0.5, 0.6) is 0 Å². The van der Waals surface area contributed by atoms with E-state index >= 15 is 0 Å². The predicted octanol–water partition coefficient (Wildman–Crippen LogP) is 2.46. The molecule has 1 aromatic rings. The number of hydrogen-bond acceptors (Lipinski definition) is 3. The molecule has 1 saturated carbocycles. The first kappa shape index (κ1) is 10.7. The van der Waals surface area contributed by atoms with Gasteiger partial charge in [-0.1, -0.05) is 0 Å². The summed E-state index contributed by atoms with van der Waals surface area (Å²) in [6, 6.07) is 4.68. The van der Waals surface area contributed by atoms with Crippen LogP contribution in [0, 0.1) is 11.3 Å². The summed E-state index contributed by atoms with van der Waals surface area (Å²) in [5.74, 6) is 0. The van der Waals surface area contributed by atoms with Gasteiger partial charge < -0.3 is 5.32 Å². The molecule has 84 valence electrons. The van der Waals surface area contributed by atoms with Crippen molar-refractivity contribution in [1.82, 2.24) is 4.98 Å². The van der Waals surface area contributed by atoms with E-state index in [0.717, 1.165) is 0 Å². The van der Waals surface area contributed by atoms with Crippen LogP contribution < -0.4 is 5.32 Å². The number of nitrogens with one attached hydrogen (secondary N) is 1. The Bertz CT molecular complexity index is 443. The third kappa shape index (κ3) is 1.69. The largest absolute Gasteiger partial charge is 0.411 e. The molecule has 0 saturated heterocycles. The molecule has 1 N–H and O–H groups in total. The van der Waals surface area contributed by atoms with E-state index in [1.54, 1.807) is 6.07 Å². The Balaban J connectivity index is 2.26. The number of rotatable bonds is 2. The quantitative estimate of drug-likeness (QED) is 0.844. The van der Waals surface area contributed by atoms with Gasteiger partial charge in [0.15, 0.2) is 5.69 Å². The highest BCUT2D eigenvalue weighted by atomic mass is 19.4. The molecule has 1 aliphatic carbocycles. The second kappa shape index (κ2) is 3.37. The maximum Gasteiger partial charge on any atom is 0.411 e. The Labute approximate surface area is 89.9 Å². The second-order valence-corrected chi connectivity index (χ2v) is 3.72. The van der Waals surface area contributed by atoms with E-state index in [4.69, 9.17) is 5.26 Å². The second-order valence-electron chi connectivity index (χ2n) is 3.72. The molecule has 1 aromatic heterocycles. The highest BCUT2D eigenvalue weighted by molar-refractivity contribution is 5.56. The number of halogens is 3. The highest BCUT2D eigenvalue weighted by Gasteiger charge is 2.63. The van der Waals surface area contributed by atoms with Crippen molar-refractivity contribution in [3.63, 3.8) is 0 Å². The Kier molecular flexibility index (Phi) is 2.26. The maximum atomic E-state index is 12.7. The van der Waals surface area contributed by atoms with Crippen molar-refractivity contribution in [2.75, 3.05) is 5.32 Å². The molecular weight excluding hydrogens is 219 g/mol. The van der Waals surface area contributed by atoms with Crippen LogP contribution in [-0.4, -0.2) is 16.7 Å². The lowest BCUT2D eigenvalue weighted by Gasteiger charge is -2.22. The Morgan fingerprint density at radius 1 is 1.44 bits per heavy atom. The number of anilines is 1. The lowest BCUT2D eigenvalue weighted by atomic mass is 10.2. The summed E-state index contributed by atoms with van der Waals surface area (Å²) in [4.78, 5) is 3.70. The smallest absolute Gasteiger partial charge is 0.369 e. The average Bonchev–Trinajstić information content (AvgIpc) is 2.99. The molecule has 0 amide bonds. The molecule has 16 heavy (non-hydrogen) atoms. The zero-order chi connectivity index (χ0) is 11.8. The van der Waals surface area contributed by atoms with Gasteiger partial charge in [0.2, 0.25) is 0 Å². The minimum atomic E-state index is -4.30. The van der Waals surface area contributed by atoms with E-state index in [9.17, 15) is 13.2 Å². The summed E-state index contributed by atoms with van der Waals surface area (Å²) < 4.78 is 38.0. The molecular formula is C10H8F3N3. The minimum Gasteiger partial charge on any atom is -0.369 e. The van der Waals surface area contributed by atoms with Crippen molar-refractivity contribution >= 4 is 5.69 Å². The number of alkyl halides is 3. The molecule has 0 unspecified atom stereocenters. The van der Waals surface area contributed by atoms with Crippen LogP contribution in [0.2, 0.25) is 0 Å². The Hall–Kier alpha value is -1.77. The standard InChI is InChI=1S/C10H8F3N3/c11-10(12,13)9(3-4-9)16-7-2-1-5-15-8(7)6-14/h1-2,5,16H,3-4H2. The molecule has 0 radical (unpaired) electrons. The lowest BCUT2D eigenvalue weighted by Crippen LogP contribution is -2.38. The number of nitriles is 1. The minimum absolute atomic E-state index is 0.0157. The van der Waals surface area contributed by atoms with E-state index in [1.165, 1.54) is 18.3 Å². The van der Waals surface area contributed by atoms with E-state index < -0.39 is 11.7 Å². The summed E-state index contributed by atoms with van der Waals surface area (Å²) in [6.07, 6.45) is -2.85. The zero-order valence-electron chi connectivity index (χ0n) is 8.17. The normalized spacial score (nSPS) is 17.6. The van der Waals surface area contributed by atoms with E-state index in [1.807, 2.05) is 0 Å². The lowest BCUT2D eigenvalue weighted by molar-refractivity contribution is -0.151. The van der Waals surface area contributed by atoms with Gasteiger partial charge in [-0.2, -0.15) is 18.4 Å². The van der Waals surface area contributed by atoms with Crippen LogP contribution in [0.15, 0.2) is 18.3 Å². The molecule has 0 aliphatic heterocycles. The van der Waals surface area contributed by atoms with Crippen molar-refractivity contribution in [3.8, 4) is 6.07 Å². The predicted molar refractivity (Wildman–Crippen MR) is 50.6 cm³/mol. The van der Waals surface area contributed by atoms with Gasteiger partial charge in [0.05, 0.1) is 5.69 Å². The van der Waals surface area contributed by atoms with Gasteiger partial charge in [-0.25, -0.2) is 4.98 Å². The summed E-state index contributed by atoms with van der Waals surface area (Å²) in [5, 5.41) is 11.1. The summed E-state index contributed by atoms with van der Waals surface area (Å²) in [7, 11) is 0. The molecule has 0 aromatic carbocycles. The molecule has 2 rings (SSSR count). The highest BCUT2D eigenvalue weighted by Crippen LogP contribution is 2.51. The van der Waals surface area contributed by atoms with Gasteiger partial charge in [0.1, 0.15) is 11.6 Å². The van der Waals surface area contributed by atoms with Crippen LogP contribution in [0.25, 0.3) is 0 Å². The molecule has 0 bridgehead atoms. The third-order valence-corrected chi connectivity index (χ3v) is 2.58. The maximum absolute atomic E-state index is 12.7. The molecule has 1 aliphatic rings. The SMILES string of the molecule is N#Cc1ncccc1NC1(C(F)(F)F)CC1. The fraction of sp³-hybridized carbons (Fsp3) is 0.400. The summed E-state index contributed by atoms with van der Waals surface area (Å²) >= 11 is 0. The first-order chi connectivity index (χ1) is 7.48. The van der Waals surface area contributed by atoms with Crippen LogP contribution in [0.3, 0.4) is 0 Å². The topological polar surface area (TPSA) is 48.7 Å². The summed E-state index contributed by atoms with van der Waals surface area (Å²) in [6.45, 7) is 0. The van der Waals surface area contributed by atoms with Gasteiger partial charge in [0, 0.05) is 6.20 Å². The van der Waals surface area contributed by atoms with Crippen LogP contribution in [0.1, 0.15) is 18.5 Å². The molecule has 6 heteroatoms. The molecule has 3 nitrogen and oxygen atoms in total. The van der Waals surface area contributed by atoms with Crippen LogP contribution >= 0.6 is 0 Å². The Morgan fingerprint density at radius 3 is 2.62 bits per heavy atom. The van der Waals surface area contributed by atoms with Crippen molar-refractivity contribution in [2.24, 2.45) is 0 Å². The monoisotopic (exact) mass is 227 g/mol. The summed E-state index contributed by atoms with van der Waals surface area (Å²) in [5.41, 5.74) is -1.74. The van der Waals surface area contributed by atoms with Crippen molar-refractivity contribution in [3.05, 3.63) is 24.0 Å². The van der Waals surface area contributed by atoms with Crippen molar-refractivity contribution in [2.45, 2.75) is 24.6 Å². The van der Waals surface area contributed by atoms with Gasteiger partial charge in [-0.3, -0.25) is 0 Å².